The molecule has 0 spiro atoms. The van der Waals surface area contributed by atoms with Crippen LogP contribution < -0.4 is 0 Å². The van der Waals surface area contributed by atoms with E-state index in [4.69, 9.17) is 9.72 Å². The van der Waals surface area contributed by atoms with Crippen LogP contribution in [-0.4, -0.2) is 45.8 Å². The summed E-state index contributed by atoms with van der Waals surface area (Å²) in [5.74, 6) is 3.69. The molecule has 0 bridgehead atoms. The van der Waals surface area contributed by atoms with Gasteiger partial charge < -0.3 is 4.74 Å². The number of thioether (sulfide) groups is 3. The number of ether oxygens (including phenoxy) is 1. The van der Waals surface area contributed by atoms with Crippen LogP contribution in [0.5, 0.6) is 0 Å². The lowest BCUT2D eigenvalue weighted by atomic mass is 10.0. The number of hydrogen-bond acceptors (Lipinski definition) is 8. The highest BCUT2D eigenvalue weighted by atomic mass is 32.2. The number of pyridine rings is 1. The Morgan fingerprint density at radius 2 is 1.76 bits per heavy atom. The van der Waals surface area contributed by atoms with Gasteiger partial charge in [-0.25, -0.2) is 4.98 Å². The van der Waals surface area contributed by atoms with E-state index in [1.165, 1.54) is 37.4 Å². The molecule has 0 fully saturated rings. The third-order valence-corrected chi connectivity index (χ3v) is 9.68. The molecule has 0 radical (unpaired) electrons. The molecule has 0 saturated heterocycles. The molecule has 196 valence electrons. The largest absolute Gasteiger partial charge is 0.460 e. The highest BCUT2D eigenvalue weighted by Gasteiger charge is 2.20. The Bertz CT molecular complexity index is 1120. The van der Waals surface area contributed by atoms with Gasteiger partial charge in [0.15, 0.2) is 0 Å². The summed E-state index contributed by atoms with van der Waals surface area (Å²) < 4.78 is 5.91. The van der Waals surface area contributed by atoms with Crippen molar-refractivity contribution < 1.29 is 9.53 Å². The Labute approximate surface area is 238 Å². The molecule has 3 rings (SSSR count). The number of nitrogens with zero attached hydrogens (tertiary/aromatic N) is 2. The monoisotopic (exact) mass is 570 g/mol. The SMILES string of the molecule is CCCCSCC(CSCCCC)OC(=O)CSc1nc(-c2cccs2)cc(-c2ccccc2)c1C#N. The molecule has 4 nitrogen and oxygen atoms in total. The summed E-state index contributed by atoms with van der Waals surface area (Å²) in [6.07, 6.45) is 4.60. The van der Waals surface area contributed by atoms with Crippen molar-refractivity contribution in [1.29, 1.82) is 5.26 Å². The molecular formula is C29H34N2O2S4. The number of nitriles is 1. The van der Waals surface area contributed by atoms with Crippen LogP contribution in [0, 0.1) is 11.3 Å². The first-order chi connectivity index (χ1) is 18.2. The van der Waals surface area contributed by atoms with Crippen molar-refractivity contribution in [3.05, 3.63) is 59.5 Å². The number of carbonyl (C=O) groups excluding carboxylic acids is 1. The van der Waals surface area contributed by atoms with Gasteiger partial charge in [-0.05, 0) is 47.4 Å². The molecule has 0 N–H and O–H groups in total. The highest BCUT2D eigenvalue weighted by molar-refractivity contribution is 8.00. The standard InChI is InChI=1S/C29H34N2O2S4/c1-3-5-14-34-19-23(20-35-15-6-4-2)33-28(32)21-37-29-25(18-30)24(22-11-8-7-9-12-22)17-26(31-29)27-13-10-16-36-27/h7-13,16-17,23H,3-6,14-15,19-21H2,1-2H3. The van der Waals surface area contributed by atoms with Crippen LogP contribution in [0.1, 0.15) is 45.1 Å². The zero-order valence-electron chi connectivity index (χ0n) is 21.5. The second-order valence-corrected chi connectivity index (χ2v) is 12.7. The number of rotatable bonds is 16. The third-order valence-electron chi connectivity index (χ3n) is 5.47. The molecule has 3 aromatic rings. The predicted octanol–water partition coefficient (Wildman–Crippen LogP) is 8.42. The number of benzene rings is 1. The van der Waals surface area contributed by atoms with Gasteiger partial charge >= 0.3 is 5.97 Å². The number of hydrogen-bond donors (Lipinski definition) is 0. The van der Waals surface area contributed by atoms with Gasteiger partial charge in [0.2, 0.25) is 0 Å². The van der Waals surface area contributed by atoms with Crippen LogP contribution >= 0.6 is 46.6 Å². The summed E-state index contributed by atoms with van der Waals surface area (Å²) in [5, 5.41) is 12.6. The van der Waals surface area contributed by atoms with Gasteiger partial charge in [-0.3, -0.25) is 4.79 Å². The first kappa shape index (κ1) is 29.6. The molecule has 0 atom stereocenters. The van der Waals surface area contributed by atoms with Crippen molar-refractivity contribution in [2.24, 2.45) is 0 Å². The van der Waals surface area contributed by atoms with E-state index in [0.717, 1.165) is 44.7 Å². The lowest BCUT2D eigenvalue weighted by Gasteiger charge is -2.18. The summed E-state index contributed by atoms with van der Waals surface area (Å²) in [6.45, 7) is 4.38. The maximum atomic E-state index is 12.9. The quantitative estimate of drug-likeness (QED) is 0.0973. The van der Waals surface area contributed by atoms with E-state index >= 15 is 0 Å². The number of carbonyl (C=O) groups is 1. The molecule has 2 heterocycles. The molecule has 0 amide bonds. The number of unbranched alkanes of at least 4 members (excludes halogenated alkanes) is 2. The summed E-state index contributed by atoms with van der Waals surface area (Å²) in [4.78, 5) is 18.7. The van der Waals surface area contributed by atoms with Crippen LogP contribution in [0.2, 0.25) is 0 Å². The van der Waals surface area contributed by atoms with Crippen LogP contribution in [0.4, 0.5) is 0 Å². The summed E-state index contributed by atoms with van der Waals surface area (Å²) in [6, 6.07) is 18.2. The zero-order valence-corrected chi connectivity index (χ0v) is 24.7. The van der Waals surface area contributed by atoms with Crippen LogP contribution in [-0.2, 0) is 9.53 Å². The van der Waals surface area contributed by atoms with E-state index in [1.807, 2.05) is 77.4 Å². The first-order valence-corrected chi connectivity index (χ1v) is 16.9. The molecule has 0 aliphatic rings. The number of aromatic nitrogens is 1. The van der Waals surface area contributed by atoms with Crippen molar-refractivity contribution in [3.8, 4) is 27.8 Å². The number of esters is 1. The van der Waals surface area contributed by atoms with E-state index in [-0.39, 0.29) is 17.8 Å². The smallest absolute Gasteiger partial charge is 0.316 e. The summed E-state index contributed by atoms with van der Waals surface area (Å²) in [5.41, 5.74) is 3.08. The Balaban J connectivity index is 1.74. The van der Waals surface area contributed by atoms with Crippen molar-refractivity contribution in [3.63, 3.8) is 0 Å². The zero-order chi connectivity index (χ0) is 26.3. The average molecular weight is 571 g/mol. The van der Waals surface area contributed by atoms with Gasteiger partial charge in [-0.2, -0.15) is 28.8 Å². The van der Waals surface area contributed by atoms with Gasteiger partial charge in [0.05, 0.1) is 21.9 Å². The van der Waals surface area contributed by atoms with Crippen molar-refractivity contribution in [2.75, 3.05) is 28.8 Å². The molecule has 37 heavy (non-hydrogen) atoms. The highest BCUT2D eigenvalue weighted by Crippen LogP contribution is 2.35. The Kier molecular flexibility index (Phi) is 13.5. The topological polar surface area (TPSA) is 63.0 Å². The fourth-order valence-corrected chi connectivity index (χ4v) is 7.35. The first-order valence-electron chi connectivity index (χ1n) is 12.7. The third kappa shape index (κ3) is 9.72. The fourth-order valence-electron chi connectivity index (χ4n) is 3.52. The van der Waals surface area contributed by atoms with Gasteiger partial charge in [-0.15, -0.1) is 11.3 Å². The minimum absolute atomic E-state index is 0.0995. The lowest BCUT2D eigenvalue weighted by Crippen LogP contribution is -2.24. The van der Waals surface area contributed by atoms with Crippen molar-refractivity contribution in [1.82, 2.24) is 4.98 Å². The normalized spacial score (nSPS) is 11.0. The van der Waals surface area contributed by atoms with Gasteiger partial charge in [0.1, 0.15) is 17.2 Å². The minimum Gasteiger partial charge on any atom is -0.460 e. The second kappa shape index (κ2) is 16.8. The Hall–Kier alpha value is -1.92. The van der Waals surface area contributed by atoms with E-state index in [9.17, 15) is 10.1 Å². The fraction of sp³-hybridized carbons (Fsp3) is 0.414. The van der Waals surface area contributed by atoms with Crippen LogP contribution in [0.15, 0.2) is 58.9 Å². The lowest BCUT2D eigenvalue weighted by molar-refractivity contribution is -0.143. The molecule has 0 aliphatic carbocycles. The summed E-state index contributed by atoms with van der Waals surface area (Å²) >= 11 is 6.62. The van der Waals surface area contributed by atoms with Crippen molar-refractivity contribution in [2.45, 2.75) is 50.7 Å². The molecule has 1 aromatic carbocycles. The molecular weight excluding hydrogens is 537 g/mol. The van der Waals surface area contributed by atoms with Gasteiger partial charge in [0.25, 0.3) is 0 Å². The molecule has 8 heteroatoms. The van der Waals surface area contributed by atoms with Gasteiger partial charge in [-0.1, -0.05) is 74.8 Å². The summed E-state index contributed by atoms with van der Waals surface area (Å²) in [7, 11) is 0. The predicted molar refractivity (Wildman–Crippen MR) is 163 cm³/mol. The van der Waals surface area contributed by atoms with E-state index in [0.29, 0.717) is 10.6 Å². The molecule has 0 aliphatic heterocycles. The average Bonchev–Trinajstić information content (AvgIpc) is 3.47. The van der Waals surface area contributed by atoms with Crippen LogP contribution in [0.25, 0.3) is 21.7 Å². The van der Waals surface area contributed by atoms with Crippen molar-refractivity contribution >= 4 is 52.6 Å². The minimum atomic E-state index is -0.254. The van der Waals surface area contributed by atoms with E-state index < -0.39 is 0 Å². The van der Waals surface area contributed by atoms with Gasteiger partial charge in [0, 0.05) is 17.1 Å². The second-order valence-electron chi connectivity index (χ2n) is 8.45. The molecule has 2 aromatic heterocycles. The van der Waals surface area contributed by atoms with E-state index in [1.54, 1.807) is 11.3 Å². The molecule has 0 saturated carbocycles. The Morgan fingerprint density at radius 3 is 2.35 bits per heavy atom. The molecule has 0 unspecified atom stereocenters. The Morgan fingerprint density at radius 1 is 1.05 bits per heavy atom. The number of thiophene rings is 1. The maximum absolute atomic E-state index is 12.9. The van der Waals surface area contributed by atoms with E-state index in [2.05, 4.69) is 19.9 Å². The maximum Gasteiger partial charge on any atom is 0.316 e. The van der Waals surface area contributed by atoms with Crippen LogP contribution in [0.3, 0.4) is 0 Å².